The molecule has 0 spiro atoms. The van der Waals surface area contributed by atoms with Gasteiger partial charge in [-0.1, -0.05) is 43.0 Å². The van der Waals surface area contributed by atoms with Crippen LogP contribution in [-0.2, 0) is 4.79 Å². The minimum atomic E-state index is -0.428. The van der Waals surface area contributed by atoms with E-state index < -0.39 is 5.82 Å². The van der Waals surface area contributed by atoms with Gasteiger partial charge in [-0.3, -0.25) is 9.59 Å². The van der Waals surface area contributed by atoms with E-state index in [1.165, 1.54) is 29.5 Å². The van der Waals surface area contributed by atoms with Crippen LogP contribution in [0.25, 0.3) is 0 Å². The zero-order chi connectivity index (χ0) is 20.1. The van der Waals surface area contributed by atoms with Gasteiger partial charge in [-0.25, -0.2) is 4.39 Å². The SMILES string of the molecule is CC[C@H](C)Sc1nnc(NC(=O)C2CCN(C(=O)c3cccc(F)c3)CC2)s1. The molecule has 0 bridgehead atoms. The first-order valence-electron chi connectivity index (χ1n) is 9.32. The van der Waals surface area contributed by atoms with E-state index in [0.29, 0.717) is 41.9 Å². The molecule has 0 unspecified atom stereocenters. The van der Waals surface area contributed by atoms with Crippen LogP contribution in [0.5, 0.6) is 0 Å². The number of likely N-dealkylation sites (tertiary alicyclic amines) is 1. The van der Waals surface area contributed by atoms with Crippen molar-refractivity contribution in [2.24, 2.45) is 5.92 Å². The van der Waals surface area contributed by atoms with Crippen molar-refractivity contribution in [1.29, 1.82) is 0 Å². The van der Waals surface area contributed by atoms with Crippen LogP contribution >= 0.6 is 23.1 Å². The number of benzene rings is 1. The number of rotatable bonds is 6. The number of hydrogen-bond acceptors (Lipinski definition) is 6. The Morgan fingerprint density at radius 3 is 2.79 bits per heavy atom. The van der Waals surface area contributed by atoms with E-state index in [2.05, 4.69) is 29.4 Å². The number of carbonyl (C=O) groups is 2. The Kier molecular flexibility index (Phi) is 7.01. The van der Waals surface area contributed by atoms with E-state index in [4.69, 9.17) is 0 Å². The molecule has 150 valence electrons. The molecule has 0 aliphatic carbocycles. The molecule has 0 saturated carbocycles. The fourth-order valence-corrected chi connectivity index (χ4v) is 4.92. The molecule has 3 rings (SSSR count). The lowest BCUT2D eigenvalue weighted by molar-refractivity contribution is -0.121. The first kappa shape index (κ1) is 20.7. The van der Waals surface area contributed by atoms with Gasteiger partial charge in [0.15, 0.2) is 4.34 Å². The van der Waals surface area contributed by atoms with Crippen molar-refractivity contribution in [3.8, 4) is 0 Å². The Bertz CT molecular complexity index is 837. The van der Waals surface area contributed by atoms with Gasteiger partial charge in [0.2, 0.25) is 11.0 Å². The summed E-state index contributed by atoms with van der Waals surface area (Å²) in [6.45, 7) is 5.19. The molecule has 1 aromatic carbocycles. The predicted octanol–water partition coefficient (Wildman–Crippen LogP) is 4.06. The smallest absolute Gasteiger partial charge is 0.253 e. The van der Waals surface area contributed by atoms with Crippen molar-refractivity contribution < 1.29 is 14.0 Å². The molecule has 1 atom stereocenters. The summed E-state index contributed by atoms with van der Waals surface area (Å²) in [4.78, 5) is 26.7. The van der Waals surface area contributed by atoms with E-state index >= 15 is 0 Å². The molecule has 1 aliphatic heterocycles. The average molecular weight is 423 g/mol. The highest BCUT2D eigenvalue weighted by Gasteiger charge is 2.28. The highest BCUT2D eigenvalue weighted by atomic mass is 32.2. The summed E-state index contributed by atoms with van der Waals surface area (Å²) in [5.41, 5.74) is 0.336. The minimum absolute atomic E-state index is 0.0888. The second kappa shape index (κ2) is 9.47. The zero-order valence-corrected chi connectivity index (χ0v) is 17.5. The first-order chi connectivity index (χ1) is 13.5. The maximum absolute atomic E-state index is 13.3. The third kappa shape index (κ3) is 5.29. The van der Waals surface area contributed by atoms with Gasteiger partial charge in [0.05, 0.1) is 0 Å². The average Bonchev–Trinajstić information content (AvgIpc) is 3.14. The molecule has 2 amide bonds. The van der Waals surface area contributed by atoms with E-state index in [1.807, 2.05) is 0 Å². The first-order valence-corrected chi connectivity index (χ1v) is 11.0. The number of nitrogens with one attached hydrogen (secondary N) is 1. The quantitative estimate of drug-likeness (QED) is 0.561. The summed E-state index contributed by atoms with van der Waals surface area (Å²) in [6, 6.07) is 5.69. The number of nitrogens with zero attached hydrogens (tertiary/aromatic N) is 3. The van der Waals surface area contributed by atoms with E-state index in [-0.39, 0.29) is 17.7 Å². The molecular weight excluding hydrogens is 399 g/mol. The molecular formula is C19H23FN4O2S2. The highest BCUT2D eigenvalue weighted by molar-refractivity contribution is 8.01. The van der Waals surface area contributed by atoms with Gasteiger partial charge in [-0.2, -0.15) is 0 Å². The Morgan fingerprint density at radius 1 is 1.36 bits per heavy atom. The van der Waals surface area contributed by atoms with Crippen LogP contribution in [0, 0.1) is 11.7 Å². The lowest BCUT2D eigenvalue weighted by Crippen LogP contribution is -2.41. The van der Waals surface area contributed by atoms with Gasteiger partial charge in [-0.05, 0) is 37.5 Å². The van der Waals surface area contributed by atoms with E-state index in [0.717, 1.165) is 10.8 Å². The Labute approximate surface area is 171 Å². The third-order valence-corrected chi connectivity index (χ3v) is 6.93. The fraction of sp³-hybridized carbons (Fsp3) is 0.474. The molecule has 6 nitrogen and oxygen atoms in total. The largest absolute Gasteiger partial charge is 0.339 e. The predicted molar refractivity (Wildman–Crippen MR) is 109 cm³/mol. The molecule has 1 saturated heterocycles. The molecule has 2 heterocycles. The maximum atomic E-state index is 13.3. The lowest BCUT2D eigenvalue weighted by atomic mass is 9.95. The normalized spacial score (nSPS) is 16.0. The number of amides is 2. The van der Waals surface area contributed by atoms with Crippen molar-refractivity contribution in [2.75, 3.05) is 18.4 Å². The molecule has 9 heteroatoms. The van der Waals surface area contributed by atoms with Crippen LogP contribution in [0.4, 0.5) is 9.52 Å². The molecule has 1 aliphatic rings. The van der Waals surface area contributed by atoms with Gasteiger partial charge in [0.1, 0.15) is 5.82 Å². The number of halogens is 1. The van der Waals surface area contributed by atoms with Gasteiger partial charge < -0.3 is 10.2 Å². The van der Waals surface area contributed by atoms with Crippen molar-refractivity contribution >= 4 is 40.0 Å². The van der Waals surface area contributed by atoms with Crippen molar-refractivity contribution in [1.82, 2.24) is 15.1 Å². The number of thioether (sulfide) groups is 1. The van der Waals surface area contributed by atoms with Crippen LogP contribution in [0.1, 0.15) is 43.5 Å². The second-order valence-electron chi connectivity index (χ2n) is 6.78. The molecule has 1 N–H and O–H groups in total. The standard InChI is InChI=1S/C19H23FN4O2S2/c1-3-12(2)27-19-23-22-18(28-19)21-16(25)13-7-9-24(10-8-13)17(26)14-5-4-6-15(20)11-14/h4-6,11-13H,3,7-10H2,1-2H3,(H,21,22,25)/t12-/m0/s1. The summed E-state index contributed by atoms with van der Waals surface area (Å²) >= 11 is 3.03. The summed E-state index contributed by atoms with van der Waals surface area (Å²) in [6.07, 6.45) is 2.18. The summed E-state index contributed by atoms with van der Waals surface area (Å²) in [5.74, 6) is -0.891. The monoisotopic (exact) mass is 422 g/mol. The van der Waals surface area contributed by atoms with Crippen LogP contribution in [-0.4, -0.2) is 45.3 Å². The van der Waals surface area contributed by atoms with Crippen LogP contribution < -0.4 is 5.32 Å². The lowest BCUT2D eigenvalue weighted by Gasteiger charge is -2.31. The zero-order valence-electron chi connectivity index (χ0n) is 15.9. The van der Waals surface area contributed by atoms with Gasteiger partial charge in [-0.15, -0.1) is 10.2 Å². The highest BCUT2D eigenvalue weighted by Crippen LogP contribution is 2.30. The summed E-state index contributed by atoms with van der Waals surface area (Å²) in [5, 5.41) is 12.0. The van der Waals surface area contributed by atoms with Gasteiger partial charge >= 0.3 is 0 Å². The van der Waals surface area contributed by atoms with Crippen LogP contribution in [0.2, 0.25) is 0 Å². The summed E-state index contributed by atoms with van der Waals surface area (Å²) in [7, 11) is 0. The number of hydrogen-bond donors (Lipinski definition) is 1. The molecule has 1 aromatic heterocycles. The van der Waals surface area contributed by atoms with Crippen molar-refractivity contribution in [3.05, 3.63) is 35.6 Å². The van der Waals surface area contributed by atoms with E-state index in [9.17, 15) is 14.0 Å². The Hall–Kier alpha value is -2.00. The Morgan fingerprint density at radius 2 is 2.11 bits per heavy atom. The topological polar surface area (TPSA) is 75.2 Å². The number of anilines is 1. The van der Waals surface area contributed by atoms with Crippen molar-refractivity contribution in [3.63, 3.8) is 0 Å². The second-order valence-corrected chi connectivity index (χ2v) is 9.44. The maximum Gasteiger partial charge on any atom is 0.253 e. The molecule has 2 aromatic rings. The van der Waals surface area contributed by atoms with Crippen LogP contribution in [0.3, 0.4) is 0 Å². The summed E-state index contributed by atoms with van der Waals surface area (Å²) < 4.78 is 14.2. The number of aromatic nitrogens is 2. The van der Waals surface area contributed by atoms with Gasteiger partial charge in [0.25, 0.3) is 5.91 Å². The van der Waals surface area contributed by atoms with E-state index in [1.54, 1.807) is 22.7 Å². The third-order valence-electron chi connectivity index (χ3n) is 4.74. The molecule has 1 fully saturated rings. The fourth-order valence-electron chi connectivity index (χ4n) is 2.92. The van der Waals surface area contributed by atoms with Crippen molar-refractivity contribution in [2.45, 2.75) is 42.7 Å². The minimum Gasteiger partial charge on any atom is -0.339 e. The van der Waals surface area contributed by atoms with Gasteiger partial charge in [0, 0.05) is 29.8 Å². The molecule has 0 radical (unpaired) electrons. The number of carbonyl (C=O) groups excluding carboxylic acids is 2. The van der Waals surface area contributed by atoms with Crippen LogP contribution in [0.15, 0.2) is 28.6 Å². The Balaban J connectivity index is 1.50. The molecule has 28 heavy (non-hydrogen) atoms. The number of piperidine rings is 1.